The van der Waals surface area contributed by atoms with Gasteiger partial charge in [-0.2, -0.15) is 17.5 Å². The summed E-state index contributed by atoms with van der Waals surface area (Å²) < 4.78 is 87.6. The fraction of sp³-hybridized carbons (Fsp3) is 0.318. The van der Waals surface area contributed by atoms with Gasteiger partial charge in [0.1, 0.15) is 11.6 Å². The van der Waals surface area contributed by atoms with Gasteiger partial charge in [-0.25, -0.2) is 17.8 Å². The lowest BCUT2D eigenvalue weighted by molar-refractivity contribution is -0.137. The van der Waals surface area contributed by atoms with E-state index in [1.807, 2.05) is 0 Å². The highest BCUT2D eigenvalue weighted by Gasteiger charge is 2.41. The Kier molecular flexibility index (Phi) is 6.63. The van der Waals surface area contributed by atoms with Crippen LogP contribution in [-0.4, -0.2) is 42.0 Å². The average molecular weight is 518 g/mol. The number of rotatable bonds is 6. The maximum absolute atomic E-state index is 13.5. The first-order valence-electron chi connectivity index (χ1n) is 10.2. The van der Waals surface area contributed by atoms with Crippen molar-refractivity contribution >= 4 is 21.6 Å². The largest absolute Gasteiger partial charge is 0.492 e. The monoisotopic (exact) mass is 517 g/mol. The predicted molar refractivity (Wildman–Crippen MR) is 117 cm³/mol. The smallest absolute Gasteiger partial charge is 0.417 e. The second-order valence-electron chi connectivity index (χ2n) is 8.04. The van der Waals surface area contributed by atoms with Crippen LogP contribution in [0.1, 0.15) is 17.0 Å². The normalized spacial score (nSPS) is 19.5. The molecule has 1 aromatic heterocycles. The maximum Gasteiger partial charge on any atom is 0.417 e. The molecule has 0 spiro atoms. The van der Waals surface area contributed by atoms with Crippen molar-refractivity contribution in [2.24, 2.45) is 13.0 Å². The topological polar surface area (TPSA) is 64.4 Å². The molecule has 3 aromatic rings. The summed E-state index contributed by atoms with van der Waals surface area (Å²) >= 11 is 5.93. The van der Waals surface area contributed by atoms with Gasteiger partial charge in [-0.05, 0) is 29.8 Å². The number of hydrogen-bond acceptors (Lipinski definition) is 4. The third-order valence-corrected chi connectivity index (χ3v) is 7.82. The van der Waals surface area contributed by atoms with Gasteiger partial charge in [0.05, 0.1) is 23.5 Å². The number of hydrogen-bond donors (Lipinski definition) is 0. The van der Waals surface area contributed by atoms with Gasteiger partial charge in [0.2, 0.25) is 0 Å². The summed E-state index contributed by atoms with van der Waals surface area (Å²) in [6.45, 7) is 0.0176. The Morgan fingerprint density at radius 3 is 2.47 bits per heavy atom. The Labute approximate surface area is 198 Å². The Bertz CT molecular complexity index is 1280. The molecule has 0 unspecified atom stereocenters. The van der Waals surface area contributed by atoms with E-state index in [-0.39, 0.29) is 36.4 Å². The van der Waals surface area contributed by atoms with Gasteiger partial charge in [-0.1, -0.05) is 29.8 Å². The van der Waals surface area contributed by atoms with Crippen LogP contribution in [-0.2, 0) is 23.2 Å². The lowest BCUT2D eigenvalue weighted by atomic mass is 9.89. The molecular formula is C22H20ClF4N3O3S. The molecule has 0 aliphatic carbocycles. The van der Waals surface area contributed by atoms with Gasteiger partial charge >= 0.3 is 6.18 Å². The summed E-state index contributed by atoms with van der Waals surface area (Å²) in [4.78, 5) is 3.93. The van der Waals surface area contributed by atoms with E-state index in [9.17, 15) is 26.0 Å². The number of aryl methyl sites for hydroxylation is 1. The number of alkyl halides is 3. The minimum Gasteiger partial charge on any atom is -0.492 e. The molecule has 2 heterocycles. The molecule has 1 saturated heterocycles. The molecule has 4 rings (SSSR count). The summed E-state index contributed by atoms with van der Waals surface area (Å²) in [5, 5.41) is -0.681. The highest BCUT2D eigenvalue weighted by atomic mass is 35.5. The second kappa shape index (κ2) is 9.20. The molecule has 0 N–H and O–H groups in total. The first-order valence-corrected chi connectivity index (χ1v) is 12.0. The molecular weight excluding hydrogens is 498 g/mol. The molecule has 0 radical (unpaired) electrons. The zero-order valence-corrected chi connectivity index (χ0v) is 19.4. The predicted octanol–water partition coefficient (Wildman–Crippen LogP) is 4.71. The van der Waals surface area contributed by atoms with Crippen molar-refractivity contribution < 1.29 is 30.7 Å². The van der Waals surface area contributed by atoms with Crippen LogP contribution in [0.15, 0.2) is 60.0 Å². The number of imidazole rings is 1. The van der Waals surface area contributed by atoms with Crippen molar-refractivity contribution in [2.75, 3.05) is 19.7 Å². The van der Waals surface area contributed by atoms with Crippen LogP contribution in [0.2, 0.25) is 5.02 Å². The molecule has 34 heavy (non-hydrogen) atoms. The third-order valence-electron chi connectivity index (χ3n) is 5.71. The van der Waals surface area contributed by atoms with Crippen molar-refractivity contribution in [1.82, 2.24) is 13.9 Å². The van der Waals surface area contributed by atoms with Crippen LogP contribution in [0.25, 0.3) is 0 Å². The highest BCUT2D eigenvalue weighted by molar-refractivity contribution is 7.89. The van der Waals surface area contributed by atoms with Crippen molar-refractivity contribution in [3.05, 3.63) is 77.0 Å². The second-order valence-corrected chi connectivity index (χ2v) is 10.3. The molecule has 1 fully saturated rings. The van der Waals surface area contributed by atoms with Gasteiger partial charge in [-0.15, -0.1) is 0 Å². The number of ether oxygens (including phenoxy) is 1. The summed E-state index contributed by atoms with van der Waals surface area (Å²) in [5.74, 6) is -1.41. The van der Waals surface area contributed by atoms with E-state index in [4.69, 9.17) is 16.3 Å². The molecule has 0 amide bonds. The van der Waals surface area contributed by atoms with Gasteiger partial charge in [0.15, 0.2) is 5.03 Å². The number of benzene rings is 2. The Morgan fingerprint density at radius 2 is 1.85 bits per heavy atom. The first kappa shape index (κ1) is 24.5. The van der Waals surface area contributed by atoms with Crippen molar-refractivity contribution in [3.8, 4) is 5.75 Å². The number of sulfonamides is 1. The Morgan fingerprint density at radius 1 is 1.15 bits per heavy atom. The van der Waals surface area contributed by atoms with Crippen LogP contribution in [0.3, 0.4) is 0 Å². The molecule has 6 nitrogen and oxygen atoms in total. The zero-order chi connectivity index (χ0) is 24.7. The molecule has 1 aliphatic rings. The molecule has 2 aromatic carbocycles. The van der Waals surface area contributed by atoms with Crippen LogP contribution in [0, 0.1) is 11.7 Å². The standard InChI is InChI=1S/C22H20ClF4N3O3S/c1-29-11-20(28-13-29)34(31,32)30-9-15(17(10-30)14-5-7-16(24)8-6-14)12-33-19-4-2-3-18(21(19)23)22(25,26)27/h2-8,11,13,15,17H,9-10,12H2,1H3/t15-,17-/m0/s1. The molecule has 0 bridgehead atoms. The number of halogens is 5. The van der Waals surface area contributed by atoms with Gasteiger partial charge in [0, 0.05) is 38.2 Å². The van der Waals surface area contributed by atoms with E-state index in [2.05, 4.69) is 4.98 Å². The molecule has 2 atom stereocenters. The van der Waals surface area contributed by atoms with E-state index < -0.39 is 38.5 Å². The summed E-state index contributed by atoms with van der Waals surface area (Å²) in [7, 11) is -2.27. The van der Waals surface area contributed by atoms with Crippen LogP contribution >= 0.6 is 11.6 Å². The van der Waals surface area contributed by atoms with Gasteiger partial charge in [-0.3, -0.25) is 0 Å². The number of aromatic nitrogens is 2. The average Bonchev–Trinajstić information content (AvgIpc) is 3.40. The lowest BCUT2D eigenvalue weighted by Gasteiger charge is -2.20. The fourth-order valence-electron chi connectivity index (χ4n) is 3.98. The SMILES string of the molecule is Cn1cnc(S(=O)(=O)N2C[C@@H](COc3cccc(C(F)(F)F)c3Cl)[C@H](c3ccc(F)cc3)C2)c1. The van der Waals surface area contributed by atoms with Gasteiger partial charge in [0.25, 0.3) is 10.0 Å². The molecule has 0 saturated carbocycles. The minimum absolute atomic E-state index is 0.0392. The van der Waals surface area contributed by atoms with Crippen LogP contribution < -0.4 is 4.74 Å². The van der Waals surface area contributed by atoms with Crippen molar-refractivity contribution in [3.63, 3.8) is 0 Å². The fourth-order valence-corrected chi connectivity index (χ4v) is 5.75. The maximum atomic E-state index is 13.5. The van der Waals surface area contributed by atoms with E-state index >= 15 is 0 Å². The van der Waals surface area contributed by atoms with Crippen LogP contribution in [0.4, 0.5) is 17.6 Å². The number of nitrogens with zero attached hydrogens (tertiary/aromatic N) is 3. The van der Waals surface area contributed by atoms with Gasteiger partial charge < -0.3 is 9.30 Å². The highest BCUT2D eigenvalue weighted by Crippen LogP contribution is 2.40. The molecule has 182 valence electrons. The minimum atomic E-state index is -4.64. The van der Waals surface area contributed by atoms with E-state index in [0.29, 0.717) is 5.56 Å². The zero-order valence-electron chi connectivity index (χ0n) is 17.8. The molecule has 12 heteroatoms. The molecule has 1 aliphatic heterocycles. The Balaban J connectivity index is 1.61. The van der Waals surface area contributed by atoms with Crippen molar-refractivity contribution in [1.29, 1.82) is 0 Å². The Hall–Kier alpha value is -2.63. The first-order chi connectivity index (χ1) is 16.0. The summed E-state index contributed by atoms with van der Waals surface area (Å²) in [6.07, 6.45) is -1.89. The van der Waals surface area contributed by atoms with E-state index in [1.165, 1.54) is 45.7 Å². The third kappa shape index (κ3) is 4.91. The van der Waals surface area contributed by atoms with E-state index in [0.717, 1.165) is 6.07 Å². The summed E-state index contributed by atoms with van der Waals surface area (Å²) in [6, 6.07) is 9.02. The summed E-state index contributed by atoms with van der Waals surface area (Å²) in [5.41, 5.74) is -0.337. The lowest BCUT2D eigenvalue weighted by Crippen LogP contribution is -2.30. The van der Waals surface area contributed by atoms with E-state index in [1.54, 1.807) is 19.2 Å². The van der Waals surface area contributed by atoms with Crippen molar-refractivity contribution in [2.45, 2.75) is 17.1 Å². The quantitative estimate of drug-likeness (QED) is 0.444. The van der Waals surface area contributed by atoms with Crippen LogP contribution in [0.5, 0.6) is 5.75 Å².